The second kappa shape index (κ2) is 4.92. The summed E-state index contributed by atoms with van der Waals surface area (Å²) in [6.45, 7) is 2.91. The lowest BCUT2D eigenvalue weighted by molar-refractivity contribution is -0.146. The van der Waals surface area contributed by atoms with Crippen LogP contribution in [0.4, 0.5) is 0 Å². The molecule has 0 aliphatic rings. The highest BCUT2D eigenvalue weighted by atomic mass is 32.2. The van der Waals surface area contributed by atoms with Crippen molar-refractivity contribution in [2.45, 2.75) is 24.3 Å². The minimum absolute atomic E-state index is 0.114. The molecule has 1 aromatic carbocycles. The predicted molar refractivity (Wildman–Crippen MR) is 73.3 cm³/mol. The van der Waals surface area contributed by atoms with Crippen molar-refractivity contribution in [1.29, 1.82) is 0 Å². The zero-order valence-corrected chi connectivity index (χ0v) is 12.5. The maximum atomic E-state index is 11.6. The Labute approximate surface area is 121 Å². The van der Waals surface area contributed by atoms with E-state index in [-0.39, 0.29) is 10.7 Å². The summed E-state index contributed by atoms with van der Waals surface area (Å²) in [7, 11) is -3.38. The Bertz CT molecular complexity index is 795. The van der Waals surface area contributed by atoms with Crippen LogP contribution in [0.2, 0.25) is 0 Å². The molecule has 1 heterocycles. The molecule has 0 radical (unpaired) electrons. The summed E-state index contributed by atoms with van der Waals surface area (Å²) >= 11 is 0. The van der Waals surface area contributed by atoms with Crippen molar-refractivity contribution in [3.63, 3.8) is 0 Å². The predicted octanol–water partition coefficient (Wildman–Crippen LogP) is 0.563. The molecule has 112 valence electrons. The minimum atomic E-state index is -3.38. The first kappa shape index (κ1) is 15.1. The van der Waals surface area contributed by atoms with Gasteiger partial charge in [0.15, 0.2) is 21.2 Å². The molecular weight excluding hydrogens is 296 g/mol. The van der Waals surface area contributed by atoms with Gasteiger partial charge in [-0.3, -0.25) is 0 Å². The van der Waals surface area contributed by atoms with Crippen LogP contribution in [-0.2, 0) is 20.2 Å². The van der Waals surface area contributed by atoms with Crippen molar-refractivity contribution < 1.29 is 18.3 Å². The monoisotopic (exact) mass is 310 g/mol. The molecule has 0 aliphatic heterocycles. The van der Waals surface area contributed by atoms with E-state index >= 15 is 0 Å². The number of tetrazole rings is 1. The van der Waals surface area contributed by atoms with Crippen molar-refractivity contribution in [1.82, 2.24) is 20.2 Å². The lowest BCUT2D eigenvalue weighted by atomic mass is 10.1. The van der Waals surface area contributed by atoms with Crippen molar-refractivity contribution >= 4 is 15.8 Å². The lowest BCUT2D eigenvalue weighted by Crippen LogP contribution is -2.37. The highest BCUT2D eigenvalue weighted by Gasteiger charge is 2.33. The van der Waals surface area contributed by atoms with Crippen molar-refractivity contribution in [2.24, 2.45) is 0 Å². The summed E-state index contributed by atoms with van der Waals surface area (Å²) in [5.74, 6) is -0.914. The van der Waals surface area contributed by atoms with Crippen LogP contribution in [0.1, 0.15) is 13.8 Å². The quantitative estimate of drug-likeness (QED) is 0.877. The summed E-state index contributed by atoms with van der Waals surface area (Å²) in [5, 5.41) is 20.2. The Hall–Kier alpha value is -2.29. The molecule has 2 aromatic rings. The molecule has 1 aromatic heterocycles. The highest BCUT2D eigenvalue weighted by Crippen LogP contribution is 2.24. The number of carbonyl (C=O) groups is 1. The maximum Gasteiger partial charge on any atom is 0.331 e. The Kier molecular flexibility index (Phi) is 3.54. The molecule has 0 saturated carbocycles. The molecule has 0 bridgehead atoms. The van der Waals surface area contributed by atoms with E-state index in [0.29, 0.717) is 5.56 Å². The maximum absolute atomic E-state index is 11.6. The Balaban J connectivity index is 2.60. The average molecular weight is 310 g/mol. The lowest BCUT2D eigenvalue weighted by Gasteiger charge is -2.20. The molecule has 1 N–H and O–H groups in total. The topological polar surface area (TPSA) is 115 Å². The van der Waals surface area contributed by atoms with E-state index in [1.165, 1.54) is 26.0 Å². The Morgan fingerprint density at radius 1 is 1.33 bits per heavy atom. The Morgan fingerprint density at radius 2 is 2.00 bits per heavy atom. The van der Waals surface area contributed by atoms with Crippen LogP contribution in [0.3, 0.4) is 0 Å². The molecule has 9 heteroatoms. The molecule has 2 rings (SSSR count). The van der Waals surface area contributed by atoms with Gasteiger partial charge in [0.1, 0.15) is 0 Å². The van der Waals surface area contributed by atoms with E-state index < -0.39 is 21.3 Å². The Morgan fingerprint density at radius 3 is 2.57 bits per heavy atom. The van der Waals surface area contributed by atoms with Crippen molar-refractivity contribution in [3.05, 3.63) is 24.3 Å². The molecule has 0 fully saturated rings. The smallest absolute Gasteiger partial charge is 0.331 e. The number of aromatic nitrogens is 4. The highest BCUT2D eigenvalue weighted by molar-refractivity contribution is 7.90. The van der Waals surface area contributed by atoms with Gasteiger partial charge in [-0.05, 0) is 36.4 Å². The third kappa shape index (κ3) is 2.77. The van der Waals surface area contributed by atoms with E-state index in [0.717, 1.165) is 10.9 Å². The number of hydrogen-bond acceptors (Lipinski definition) is 6. The van der Waals surface area contributed by atoms with Crippen LogP contribution in [-0.4, -0.2) is 46.0 Å². The number of carboxylic acid groups (broad SMARTS) is 1. The van der Waals surface area contributed by atoms with Gasteiger partial charge < -0.3 is 5.11 Å². The second-order valence-electron chi connectivity index (χ2n) is 5.08. The van der Waals surface area contributed by atoms with Crippen LogP contribution in [0, 0.1) is 0 Å². The first-order valence-corrected chi connectivity index (χ1v) is 7.86. The standard InChI is InChI=1S/C12H14N4O4S/c1-12(2,11(17)18)16-10(13-14-15-16)8-5-4-6-9(7-8)21(3,19)20/h4-7H,1-3H3,(H,17,18). The zero-order valence-electron chi connectivity index (χ0n) is 11.7. The van der Waals surface area contributed by atoms with Gasteiger partial charge >= 0.3 is 5.97 Å². The first-order valence-electron chi connectivity index (χ1n) is 5.97. The number of rotatable bonds is 4. The first-order chi connectivity index (χ1) is 9.64. The van der Waals surface area contributed by atoms with Gasteiger partial charge in [-0.2, -0.15) is 0 Å². The molecule has 0 saturated heterocycles. The molecule has 0 spiro atoms. The SMILES string of the molecule is CC(C)(C(=O)O)n1nnnc1-c1cccc(S(C)(=O)=O)c1. The molecule has 0 amide bonds. The van der Waals surface area contributed by atoms with E-state index in [1.807, 2.05) is 0 Å². The number of carboxylic acids is 1. The van der Waals surface area contributed by atoms with E-state index in [4.69, 9.17) is 0 Å². The number of nitrogens with zero attached hydrogens (tertiary/aromatic N) is 4. The molecule has 0 atom stereocenters. The third-order valence-electron chi connectivity index (χ3n) is 3.04. The van der Waals surface area contributed by atoms with Gasteiger partial charge in [-0.15, -0.1) is 5.10 Å². The molecule has 0 unspecified atom stereocenters. The summed E-state index contributed by atoms with van der Waals surface area (Å²) in [5.41, 5.74) is -0.933. The van der Waals surface area contributed by atoms with Gasteiger partial charge in [0.2, 0.25) is 0 Å². The normalized spacial score (nSPS) is 12.3. The summed E-state index contributed by atoms with van der Waals surface area (Å²) in [6, 6.07) is 6.04. The van der Waals surface area contributed by atoms with Crippen LogP contribution in [0.25, 0.3) is 11.4 Å². The van der Waals surface area contributed by atoms with Gasteiger partial charge in [0, 0.05) is 11.8 Å². The van der Waals surface area contributed by atoms with E-state index in [1.54, 1.807) is 12.1 Å². The molecule has 0 aliphatic carbocycles. The molecule has 21 heavy (non-hydrogen) atoms. The van der Waals surface area contributed by atoms with Crippen LogP contribution in [0.15, 0.2) is 29.2 Å². The second-order valence-corrected chi connectivity index (χ2v) is 7.09. The number of aliphatic carboxylic acids is 1. The third-order valence-corrected chi connectivity index (χ3v) is 4.15. The fourth-order valence-corrected chi connectivity index (χ4v) is 2.37. The summed E-state index contributed by atoms with van der Waals surface area (Å²) in [6.07, 6.45) is 1.09. The van der Waals surface area contributed by atoms with E-state index in [2.05, 4.69) is 15.5 Å². The number of sulfone groups is 1. The van der Waals surface area contributed by atoms with Crippen molar-refractivity contribution in [3.8, 4) is 11.4 Å². The largest absolute Gasteiger partial charge is 0.479 e. The fraction of sp³-hybridized carbons (Fsp3) is 0.333. The van der Waals surface area contributed by atoms with Crippen LogP contribution >= 0.6 is 0 Å². The van der Waals surface area contributed by atoms with Gasteiger partial charge in [0.25, 0.3) is 0 Å². The summed E-state index contributed by atoms with van der Waals surface area (Å²) in [4.78, 5) is 11.4. The molecular formula is C12H14N4O4S. The summed E-state index contributed by atoms with van der Waals surface area (Å²) < 4.78 is 24.3. The van der Waals surface area contributed by atoms with Crippen molar-refractivity contribution in [2.75, 3.05) is 6.26 Å². The van der Waals surface area contributed by atoms with Gasteiger partial charge in [-0.1, -0.05) is 12.1 Å². The van der Waals surface area contributed by atoms with Gasteiger partial charge in [0.05, 0.1) is 4.90 Å². The number of benzene rings is 1. The average Bonchev–Trinajstić information content (AvgIpc) is 2.87. The zero-order chi connectivity index (χ0) is 15.8. The number of hydrogen-bond donors (Lipinski definition) is 1. The van der Waals surface area contributed by atoms with Crippen LogP contribution < -0.4 is 0 Å². The van der Waals surface area contributed by atoms with Crippen LogP contribution in [0.5, 0.6) is 0 Å². The fourth-order valence-electron chi connectivity index (χ4n) is 1.70. The minimum Gasteiger partial charge on any atom is -0.479 e. The molecule has 8 nitrogen and oxygen atoms in total. The van der Waals surface area contributed by atoms with E-state index in [9.17, 15) is 18.3 Å². The van der Waals surface area contributed by atoms with Gasteiger partial charge in [-0.25, -0.2) is 17.9 Å².